The molecule has 0 aliphatic heterocycles. The highest BCUT2D eigenvalue weighted by molar-refractivity contribution is 7.10. The van der Waals surface area contributed by atoms with Crippen LogP contribution in [0.25, 0.3) is 0 Å². The SMILES string of the molecule is CCc1ccsc1CNCCc1cccs1. The zero-order valence-electron chi connectivity index (χ0n) is 9.53. The predicted molar refractivity (Wildman–Crippen MR) is 73.4 cm³/mol. The van der Waals surface area contributed by atoms with Gasteiger partial charge in [0.05, 0.1) is 0 Å². The van der Waals surface area contributed by atoms with Gasteiger partial charge in [0, 0.05) is 22.8 Å². The standard InChI is InChI=1S/C13H17NS2/c1-2-11-6-9-16-13(11)10-14-7-5-12-4-3-8-15-12/h3-4,6,8-9,14H,2,5,7,10H2,1H3. The van der Waals surface area contributed by atoms with Crippen molar-refractivity contribution in [2.75, 3.05) is 6.54 Å². The molecule has 16 heavy (non-hydrogen) atoms. The van der Waals surface area contributed by atoms with Gasteiger partial charge >= 0.3 is 0 Å². The van der Waals surface area contributed by atoms with Crippen LogP contribution >= 0.6 is 22.7 Å². The van der Waals surface area contributed by atoms with E-state index in [-0.39, 0.29) is 0 Å². The van der Waals surface area contributed by atoms with Gasteiger partial charge in [-0.05, 0) is 41.3 Å². The van der Waals surface area contributed by atoms with E-state index in [1.165, 1.54) is 15.3 Å². The van der Waals surface area contributed by atoms with Crippen molar-refractivity contribution in [3.8, 4) is 0 Å². The van der Waals surface area contributed by atoms with E-state index in [0.29, 0.717) is 0 Å². The van der Waals surface area contributed by atoms with Crippen LogP contribution in [0, 0.1) is 0 Å². The van der Waals surface area contributed by atoms with Crippen LogP contribution in [0.15, 0.2) is 29.0 Å². The second kappa shape index (κ2) is 6.18. The molecule has 0 radical (unpaired) electrons. The third-order valence-electron chi connectivity index (χ3n) is 2.63. The molecule has 2 heterocycles. The molecule has 2 aromatic heterocycles. The Morgan fingerprint density at radius 1 is 1.19 bits per heavy atom. The molecule has 0 aliphatic rings. The van der Waals surface area contributed by atoms with Crippen molar-refractivity contribution >= 4 is 22.7 Å². The Morgan fingerprint density at radius 2 is 2.12 bits per heavy atom. The second-order valence-corrected chi connectivity index (χ2v) is 5.76. The molecule has 0 saturated heterocycles. The van der Waals surface area contributed by atoms with Crippen molar-refractivity contribution in [3.05, 3.63) is 44.3 Å². The van der Waals surface area contributed by atoms with E-state index in [1.54, 1.807) is 0 Å². The first-order valence-corrected chi connectivity index (χ1v) is 7.44. The number of hydrogen-bond donors (Lipinski definition) is 1. The van der Waals surface area contributed by atoms with Crippen molar-refractivity contribution < 1.29 is 0 Å². The Kier molecular flexibility index (Phi) is 4.57. The quantitative estimate of drug-likeness (QED) is 0.772. The zero-order chi connectivity index (χ0) is 11.2. The van der Waals surface area contributed by atoms with Crippen LogP contribution in [0.2, 0.25) is 0 Å². The zero-order valence-corrected chi connectivity index (χ0v) is 11.2. The average Bonchev–Trinajstić information content (AvgIpc) is 2.95. The molecule has 1 N–H and O–H groups in total. The average molecular weight is 251 g/mol. The second-order valence-electron chi connectivity index (χ2n) is 3.73. The molecular weight excluding hydrogens is 234 g/mol. The normalized spacial score (nSPS) is 10.8. The van der Waals surface area contributed by atoms with Gasteiger partial charge in [0.15, 0.2) is 0 Å². The number of hydrogen-bond acceptors (Lipinski definition) is 3. The summed E-state index contributed by atoms with van der Waals surface area (Å²) in [5.74, 6) is 0. The largest absolute Gasteiger partial charge is 0.311 e. The molecule has 0 aliphatic carbocycles. The lowest BCUT2D eigenvalue weighted by Gasteiger charge is -2.04. The summed E-state index contributed by atoms with van der Waals surface area (Å²) >= 11 is 3.70. The fraction of sp³-hybridized carbons (Fsp3) is 0.385. The van der Waals surface area contributed by atoms with E-state index in [1.807, 2.05) is 22.7 Å². The maximum absolute atomic E-state index is 3.52. The fourth-order valence-electron chi connectivity index (χ4n) is 1.71. The van der Waals surface area contributed by atoms with Gasteiger partial charge in [-0.25, -0.2) is 0 Å². The van der Waals surface area contributed by atoms with Gasteiger partial charge in [-0.1, -0.05) is 13.0 Å². The van der Waals surface area contributed by atoms with Gasteiger partial charge in [0.1, 0.15) is 0 Å². The van der Waals surface area contributed by atoms with Crippen molar-refractivity contribution in [2.45, 2.75) is 26.3 Å². The number of thiophene rings is 2. The Hall–Kier alpha value is -0.640. The maximum Gasteiger partial charge on any atom is 0.0302 e. The minimum Gasteiger partial charge on any atom is -0.311 e. The van der Waals surface area contributed by atoms with Crippen LogP contribution in [0.4, 0.5) is 0 Å². The van der Waals surface area contributed by atoms with Gasteiger partial charge in [-0.15, -0.1) is 22.7 Å². The van der Waals surface area contributed by atoms with Gasteiger partial charge in [0.25, 0.3) is 0 Å². The lowest BCUT2D eigenvalue weighted by molar-refractivity contribution is 0.694. The minimum atomic E-state index is 1.02. The molecule has 0 fully saturated rings. The van der Waals surface area contributed by atoms with Gasteiger partial charge in [-0.3, -0.25) is 0 Å². The summed E-state index contributed by atoms with van der Waals surface area (Å²) in [6.07, 6.45) is 2.29. The summed E-state index contributed by atoms with van der Waals surface area (Å²) in [6, 6.07) is 6.56. The smallest absolute Gasteiger partial charge is 0.0302 e. The molecule has 86 valence electrons. The molecule has 0 bridgehead atoms. The van der Waals surface area contributed by atoms with E-state index in [2.05, 4.69) is 41.2 Å². The van der Waals surface area contributed by atoms with Crippen molar-refractivity contribution in [1.29, 1.82) is 0 Å². The molecule has 0 atom stereocenters. The molecule has 2 rings (SSSR count). The minimum absolute atomic E-state index is 1.02. The lowest BCUT2D eigenvalue weighted by atomic mass is 10.2. The molecule has 0 amide bonds. The first-order chi connectivity index (χ1) is 7.90. The lowest BCUT2D eigenvalue weighted by Crippen LogP contribution is -2.16. The maximum atomic E-state index is 3.52. The highest BCUT2D eigenvalue weighted by Crippen LogP contribution is 2.17. The van der Waals surface area contributed by atoms with Gasteiger partial charge in [0.2, 0.25) is 0 Å². The van der Waals surface area contributed by atoms with Crippen LogP contribution in [-0.4, -0.2) is 6.54 Å². The number of aryl methyl sites for hydroxylation is 1. The number of nitrogens with one attached hydrogen (secondary N) is 1. The summed E-state index contributed by atoms with van der Waals surface area (Å²) in [6.45, 7) is 4.31. The molecular formula is C13H17NS2. The molecule has 2 aromatic rings. The van der Waals surface area contributed by atoms with Crippen LogP contribution in [0.5, 0.6) is 0 Å². The molecule has 0 unspecified atom stereocenters. The Bertz CT molecular complexity index is 403. The fourth-order valence-corrected chi connectivity index (χ4v) is 3.36. The third-order valence-corrected chi connectivity index (χ3v) is 4.53. The van der Waals surface area contributed by atoms with Crippen molar-refractivity contribution in [1.82, 2.24) is 5.32 Å². The summed E-state index contributed by atoms with van der Waals surface area (Å²) in [7, 11) is 0. The molecule has 3 heteroatoms. The summed E-state index contributed by atoms with van der Waals surface area (Å²) in [5.41, 5.74) is 1.49. The summed E-state index contributed by atoms with van der Waals surface area (Å²) < 4.78 is 0. The molecule has 0 saturated carbocycles. The van der Waals surface area contributed by atoms with E-state index >= 15 is 0 Å². The number of rotatable bonds is 6. The Balaban J connectivity index is 1.72. The summed E-state index contributed by atoms with van der Waals surface area (Å²) in [5, 5.41) is 7.85. The van der Waals surface area contributed by atoms with Crippen molar-refractivity contribution in [3.63, 3.8) is 0 Å². The third kappa shape index (κ3) is 3.17. The molecule has 1 nitrogen and oxygen atoms in total. The van der Waals surface area contributed by atoms with Crippen LogP contribution in [0.3, 0.4) is 0 Å². The van der Waals surface area contributed by atoms with E-state index in [4.69, 9.17) is 0 Å². The first kappa shape index (κ1) is 11.8. The topological polar surface area (TPSA) is 12.0 Å². The molecule has 0 spiro atoms. The first-order valence-electron chi connectivity index (χ1n) is 5.68. The van der Waals surface area contributed by atoms with Crippen molar-refractivity contribution in [2.24, 2.45) is 0 Å². The highest BCUT2D eigenvalue weighted by atomic mass is 32.1. The predicted octanol–water partition coefficient (Wildman–Crippen LogP) is 3.70. The van der Waals surface area contributed by atoms with Gasteiger partial charge in [-0.2, -0.15) is 0 Å². The van der Waals surface area contributed by atoms with E-state index in [0.717, 1.165) is 25.9 Å². The van der Waals surface area contributed by atoms with Crippen LogP contribution in [0.1, 0.15) is 22.2 Å². The highest BCUT2D eigenvalue weighted by Gasteiger charge is 2.01. The summed E-state index contributed by atoms with van der Waals surface area (Å²) in [4.78, 5) is 2.96. The molecule has 0 aromatic carbocycles. The monoisotopic (exact) mass is 251 g/mol. The van der Waals surface area contributed by atoms with Crippen LogP contribution < -0.4 is 5.32 Å². The van der Waals surface area contributed by atoms with E-state index < -0.39 is 0 Å². The van der Waals surface area contributed by atoms with Crippen LogP contribution in [-0.2, 0) is 19.4 Å². The van der Waals surface area contributed by atoms with Gasteiger partial charge < -0.3 is 5.32 Å². The Labute approximate surface area is 105 Å². The van der Waals surface area contributed by atoms with E-state index in [9.17, 15) is 0 Å². The Morgan fingerprint density at radius 3 is 2.88 bits per heavy atom.